The molecule has 4 N–H and O–H groups in total. The number of benzene rings is 2. The highest BCUT2D eigenvalue weighted by Crippen LogP contribution is 2.54. The predicted octanol–water partition coefficient (Wildman–Crippen LogP) is 0.718. The molecule has 3 aromatic rings. The van der Waals surface area contributed by atoms with Gasteiger partial charge in [-0.2, -0.15) is 0 Å². The van der Waals surface area contributed by atoms with Gasteiger partial charge < -0.3 is 29.9 Å². The summed E-state index contributed by atoms with van der Waals surface area (Å²) in [6.45, 7) is 0.149. The Kier molecular flexibility index (Phi) is 6.39. The molecule has 7 rings (SSSR count). The van der Waals surface area contributed by atoms with Crippen molar-refractivity contribution in [3.8, 4) is 11.5 Å². The van der Waals surface area contributed by atoms with Crippen LogP contribution in [0.15, 0.2) is 71.6 Å². The molecule has 4 aliphatic carbocycles. The summed E-state index contributed by atoms with van der Waals surface area (Å²) >= 11 is 5.89. The van der Waals surface area contributed by atoms with Crippen LogP contribution in [0, 0.1) is 10.4 Å². The number of halogens is 1. The molecule has 2 aromatic carbocycles. The number of hydrogen-bond acceptors (Lipinski definition) is 11. The molecule has 0 saturated carbocycles. The Balaban J connectivity index is 1.39. The van der Waals surface area contributed by atoms with Crippen LogP contribution < -0.4 is 42.4 Å². The van der Waals surface area contributed by atoms with Crippen LogP contribution in [0.2, 0.25) is 5.02 Å². The fraction of sp³-hybridized carbons (Fsp3) is 0.152. The van der Waals surface area contributed by atoms with Crippen LogP contribution in [-0.4, -0.2) is 33.6 Å². The number of aromatic hydroxyl groups is 1. The number of ether oxygens (including phenoxy) is 1. The maximum atomic E-state index is 13.6. The van der Waals surface area contributed by atoms with E-state index < -0.39 is 76.6 Å². The summed E-state index contributed by atoms with van der Waals surface area (Å²) in [7, 11) is 1.12. The number of nitrogens with zero attached hydrogens (tertiary/aromatic N) is 1. The number of phenolic OH excluding ortho intramolecular Hbond substituents is 1. The second-order valence-corrected chi connectivity index (χ2v) is 11.5. The van der Waals surface area contributed by atoms with Crippen LogP contribution >= 0.6 is 11.6 Å². The van der Waals surface area contributed by atoms with Crippen LogP contribution in [0.4, 0.5) is 0 Å². The van der Waals surface area contributed by atoms with E-state index >= 15 is 0 Å². The number of pyridine rings is 1. The third-order valence-electron chi connectivity index (χ3n) is 8.69. The maximum Gasteiger partial charge on any atom is 0.260 e. The molecule has 0 aliphatic heterocycles. The van der Waals surface area contributed by atoms with E-state index in [2.05, 4.69) is 10.1 Å². The average molecular weight is 641 g/mol. The number of aliphatic hydroxyl groups excluding tert-OH is 2. The van der Waals surface area contributed by atoms with E-state index in [9.17, 15) is 39.3 Å². The Morgan fingerprint density at radius 2 is 1.59 bits per heavy atom. The maximum absolute atomic E-state index is 13.6. The van der Waals surface area contributed by atoms with Gasteiger partial charge in [-0.1, -0.05) is 35.0 Å². The number of rotatable bonds is 5. The third kappa shape index (κ3) is 3.86. The van der Waals surface area contributed by atoms with Crippen molar-refractivity contribution in [2.45, 2.75) is 24.9 Å². The molecule has 12 nitrogen and oxygen atoms in total. The molecule has 1 aromatic heterocycles. The Bertz CT molecular complexity index is 2680. The summed E-state index contributed by atoms with van der Waals surface area (Å²) in [5, 5.41) is 36.5. The number of methoxy groups -OCH3 is 1. The summed E-state index contributed by atoms with van der Waals surface area (Å²) in [5.74, 6) is -2.58. The van der Waals surface area contributed by atoms with E-state index in [1.807, 2.05) is 0 Å². The lowest BCUT2D eigenvalue weighted by Crippen LogP contribution is -2.51. The highest BCUT2D eigenvalue weighted by molar-refractivity contribution is 6.30. The van der Waals surface area contributed by atoms with Gasteiger partial charge in [0, 0.05) is 16.7 Å². The molecule has 1 spiro atoms. The zero-order valence-corrected chi connectivity index (χ0v) is 24.5. The first kappa shape index (κ1) is 29.0. The number of H-pyrrole nitrogens is 1. The number of aromatic nitrogens is 1. The lowest BCUT2D eigenvalue weighted by molar-refractivity contribution is 0.132. The summed E-state index contributed by atoms with van der Waals surface area (Å²) in [5.41, 5.74) is -5.53. The summed E-state index contributed by atoms with van der Waals surface area (Å²) in [6.07, 6.45) is 1.34. The van der Waals surface area contributed by atoms with E-state index in [1.165, 1.54) is 6.21 Å². The lowest BCUT2D eigenvalue weighted by Gasteiger charge is -2.27. The fourth-order valence-corrected chi connectivity index (χ4v) is 6.75. The number of oxime groups is 1. The largest absolute Gasteiger partial charge is 0.510 e. The monoisotopic (exact) mass is 640 g/mol. The SMILES string of the molecule is COc1cc(=O)c2c(=O)c3c(c(=O)c=2c1=O)=C(O)[C@]1(CCc2cc4cc(C=NOCc5ccc(Cl)cc5)[nH]c(=O)c4c(O)c21)C=3O. The van der Waals surface area contributed by atoms with E-state index in [-0.39, 0.29) is 36.1 Å². The van der Waals surface area contributed by atoms with Crippen molar-refractivity contribution in [1.29, 1.82) is 0 Å². The highest BCUT2D eigenvalue weighted by atomic mass is 35.5. The molecule has 46 heavy (non-hydrogen) atoms. The predicted molar refractivity (Wildman–Crippen MR) is 167 cm³/mol. The first-order chi connectivity index (χ1) is 22.0. The highest BCUT2D eigenvalue weighted by Gasteiger charge is 2.53. The standard InChI is InChI=1S/C33H21ClN2O10/c1-45-19-10-18(37)21-22(26(19)38)28(40)24-23(27(21)39)30(42)33(31(24)43)7-6-14-8-15-9-17(36-32(44)20(15)29(41)25(14)33)11-35-46-12-13-2-4-16(34)5-3-13/h2-5,8-11,41-43H,6-7,12H2,1H3,(H,36,44)/t33-/m0/s1. The molecular formula is C33H21ClN2O10. The number of nitrogens with one attached hydrogen (secondary N) is 1. The lowest BCUT2D eigenvalue weighted by atomic mass is 9.78. The van der Waals surface area contributed by atoms with E-state index in [0.717, 1.165) is 18.7 Å². The smallest absolute Gasteiger partial charge is 0.260 e. The third-order valence-corrected chi connectivity index (χ3v) is 8.94. The van der Waals surface area contributed by atoms with Gasteiger partial charge in [0.1, 0.15) is 29.3 Å². The molecule has 1 atom stereocenters. The van der Waals surface area contributed by atoms with Gasteiger partial charge in [0.25, 0.3) is 5.56 Å². The average Bonchev–Trinajstić information content (AvgIpc) is 3.52. The zero-order chi connectivity index (χ0) is 32.7. The first-order valence-electron chi connectivity index (χ1n) is 13.9. The van der Waals surface area contributed by atoms with Crippen LogP contribution in [0.5, 0.6) is 11.5 Å². The van der Waals surface area contributed by atoms with Gasteiger partial charge in [-0.25, -0.2) is 0 Å². The van der Waals surface area contributed by atoms with Crippen LogP contribution in [0.1, 0.15) is 28.8 Å². The quantitative estimate of drug-likeness (QED) is 0.157. The molecule has 13 heteroatoms. The van der Waals surface area contributed by atoms with E-state index in [1.54, 1.807) is 36.4 Å². The molecule has 230 valence electrons. The van der Waals surface area contributed by atoms with Crippen LogP contribution in [0.3, 0.4) is 0 Å². The second-order valence-electron chi connectivity index (χ2n) is 11.1. The molecule has 0 bridgehead atoms. The van der Waals surface area contributed by atoms with Gasteiger partial charge in [0.15, 0.2) is 11.2 Å². The Morgan fingerprint density at radius 1 is 0.913 bits per heavy atom. The van der Waals surface area contributed by atoms with E-state index in [4.69, 9.17) is 21.2 Å². The van der Waals surface area contributed by atoms with Crippen molar-refractivity contribution in [3.63, 3.8) is 0 Å². The van der Waals surface area contributed by atoms with Crippen molar-refractivity contribution in [1.82, 2.24) is 4.98 Å². The fourth-order valence-electron chi connectivity index (χ4n) is 6.62. The number of phenols is 1. The molecule has 0 saturated heterocycles. The second kappa shape index (κ2) is 10.1. The van der Waals surface area contributed by atoms with Crippen LogP contribution in [-0.2, 0) is 23.3 Å². The molecule has 0 fully saturated rings. The molecule has 1 heterocycles. The van der Waals surface area contributed by atoms with Crippen molar-refractivity contribution in [3.05, 3.63) is 142 Å². The molecule has 0 radical (unpaired) electrons. The van der Waals surface area contributed by atoms with Crippen molar-refractivity contribution >= 4 is 40.1 Å². The number of aryl methyl sites for hydroxylation is 1. The Morgan fingerprint density at radius 3 is 2.26 bits per heavy atom. The molecule has 0 amide bonds. The van der Waals surface area contributed by atoms with Gasteiger partial charge in [-0.15, -0.1) is 0 Å². The first-order valence-corrected chi connectivity index (χ1v) is 14.3. The normalized spacial score (nSPS) is 17.0. The summed E-state index contributed by atoms with van der Waals surface area (Å²) in [4.78, 5) is 74.1. The zero-order valence-electron chi connectivity index (χ0n) is 23.8. The summed E-state index contributed by atoms with van der Waals surface area (Å²) < 4.78 is 4.90. The number of aromatic amines is 1. The number of fused-ring (bicyclic) bond motifs is 4. The van der Waals surface area contributed by atoms with Gasteiger partial charge in [-0.3, -0.25) is 24.0 Å². The minimum atomic E-state index is -1.98. The Labute approximate surface area is 260 Å². The minimum absolute atomic E-state index is 0.0745. The van der Waals surface area contributed by atoms with Gasteiger partial charge in [-0.05, 0) is 47.6 Å². The van der Waals surface area contributed by atoms with Gasteiger partial charge in [0.2, 0.25) is 16.3 Å². The van der Waals surface area contributed by atoms with E-state index in [0.29, 0.717) is 16.0 Å². The topological polar surface area (TPSA) is 193 Å². The van der Waals surface area contributed by atoms with Crippen molar-refractivity contribution < 1.29 is 24.9 Å². The summed E-state index contributed by atoms with van der Waals surface area (Å²) in [6, 6.07) is 10.9. The van der Waals surface area contributed by atoms with Crippen LogP contribution in [0.25, 0.3) is 22.3 Å². The molecule has 4 aliphatic rings. The van der Waals surface area contributed by atoms with Crippen molar-refractivity contribution in [2.75, 3.05) is 7.11 Å². The number of aliphatic hydroxyl groups is 2. The molecular weight excluding hydrogens is 620 g/mol. The number of hydrogen-bond donors (Lipinski definition) is 4. The van der Waals surface area contributed by atoms with Gasteiger partial charge in [0.05, 0.1) is 45.3 Å². The minimum Gasteiger partial charge on any atom is -0.510 e. The van der Waals surface area contributed by atoms with Gasteiger partial charge >= 0.3 is 0 Å². The Hall–Kier alpha value is -5.75. The van der Waals surface area contributed by atoms with Crippen molar-refractivity contribution in [2.24, 2.45) is 5.16 Å². The molecule has 0 unspecified atom stereocenters.